The summed E-state index contributed by atoms with van der Waals surface area (Å²) in [6.45, 7) is 7.88. The van der Waals surface area contributed by atoms with Crippen LogP contribution in [0.25, 0.3) is 0 Å². The van der Waals surface area contributed by atoms with Gasteiger partial charge >= 0.3 is 5.97 Å². The summed E-state index contributed by atoms with van der Waals surface area (Å²) in [7, 11) is 1.83. The van der Waals surface area contributed by atoms with Gasteiger partial charge in [-0.2, -0.15) is 0 Å². The number of carbonyl (C=O) groups is 2. The third kappa shape index (κ3) is 4.82. The van der Waals surface area contributed by atoms with E-state index >= 15 is 0 Å². The van der Waals surface area contributed by atoms with Crippen molar-refractivity contribution in [2.45, 2.75) is 39.7 Å². The van der Waals surface area contributed by atoms with Gasteiger partial charge in [0.15, 0.2) is 0 Å². The third-order valence-electron chi connectivity index (χ3n) is 3.85. The van der Waals surface area contributed by atoms with E-state index in [9.17, 15) is 9.59 Å². The monoisotopic (exact) mass is 270 g/mol. The first-order valence-corrected chi connectivity index (χ1v) is 7.02. The van der Waals surface area contributed by atoms with Gasteiger partial charge in [0.25, 0.3) is 0 Å². The van der Waals surface area contributed by atoms with Crippen molar-refractivity contribution >= 4 is 11.9 Å². The van der Waals surface area contributed by atoms with Crippen molar-refractivity contribution in [1.29, 1.82) is 0 Å². The molecule has 0 spiro atoms. The Bertz CT molecular complexity index is 331. The zero-order valence-electron chi connectivity index (χ0n) is 12.4. The van der Waals surface area contributed by atoms with E-state index in [2.05, 4.69) is 20.8 Å². The quantitative estimate of drug-likeness (QED) is 0.790. The summed E-state index contributed by atoms with van der Waals surface area (Å²) in [6.07, 6.45) is 1.63. The summed E-state index contributed by atoms with van der Waals surface area (Å²) in [6, 6.07) is 0.227. The number of likely N-dealkylation sites (N-methyl/N-ethyl adjacent to an activating group) is 1. The first kappa shape index (κ1) is 16.0. The lowest BCUT2D eigenvalue weighted by molar-refractivity contribution is -0.141. The Labute approximate surface area is 115 Å². The zero-order chi connectivity index (χ0) is 14.6. The molecule has 1 saturated heterocycles. The second-order valence-corrected chi connectivity index (χ2v) is 6.04. The number of likely N-dealkylation sites (tertiary alicyclic amines) is 1. The predicted octanol–water partition coefficient (Wildman–Crippen LogP) is 1.29. The van der Waals surface area contributed by atoms with Crippen LogP contribution in [0.1, 0.15) is 33.6 Å². The van der Waals surface area contributed by atoms with E-state index in [0.717, 1.165) is 6.42 Å². The number of rotatable bonds is 6. The summed E-state index contributed by atoms with van der Waals surface area (Å²) in [5.74, 6) is -0.421. The maximum absolute atomic E-state index is 12.1. The van der Waals surface area contributed by atoms with Gasteiger partial charge in [0.05, 0.1) is 12.5 Å². The predicted molar refractivity (Wildman–Crippen MR) is 73.9 cm³/mol. The number of amides is 1. The molecule has 1 aliphatic heterocycles. The summed E-state index contributed by atoms with van der Waals surface area (Å²) >= 11 is 0. The van der Waals surface area contributed by atoms with E-state index in [0.29, 0.717) is 32.0 Å². The smallest absolute Gasteiger partial charge is 0.307 e. The molecule has 0 radical (unpaired) electrons. The van der Waals surface area contributed by atoms with Gasteiger partial charge in [-0.15, -0.1) is 0 Å². The van der Waals surface area contributed by atoms with E-state index < -0.39 is 5.97 Å². The van der Waals surface area contributed by atoms with Gasteiger partial charge in [-0.05, 0) is 32.2 Å². The fourth-order valence-electron chi connectivity index (χ4n) is 2.57. The number of aliphatic carboxylic acids is 1. The minimum atomic E-state index is -0.753. The normalized spacial score (nSPS) is 21.6. The second-order valence-electron chi connectivity index (χ2n) is 6.04. The molecule has 1 aliphatic rings. The van der Waals surface area contributed by atoms with Crippen LogP contribution in [0.15, 0.2) is 0 Å². The van der Waals surface area contributed by atoms with Crippen LogP contribution in [0.2, 0.25) is 0 Å². The molecule has 0 aromatic carbocycles. The van der Waals surface area contributed by atoms with Gasteiger partial charge in [-0.25, -0.2) is 0 Å². The number of carboxylic acid groups (broad SMARTS) is 1. The molecule has 5 nitrogen and oxygen atoms in total. The number of nitrogens with zero attached hydrogens (tertiary/aromatic N) is 2. The highest BCUT2D eigenvalue weighted by molar-refractivity contribution is 5.78. The van der Waals surface area contributed by atoms with E-state index in [1.54, 1.807) is 4.90 Å². The molecule has 0 bridgehead atoms. The molecule has 0 aliphatic carbocycles. The zero-order valence-corrected chi connectivity index (χ0v) is 12.4. The Morgan fingerprint density at radius 1 is 1.37 bits per heavy atom. The highest BCUT2D eigenvalue weighted by Crippen LogP contribution is 2.17. The maximum Gasteiger partial charge on any atom is 0.307 e. The topological polar surface area (TPSA) is 60.9 Å². The fourth-order valence-corrected chi connectivity index (χ4v) is 2.57. The average Bonchev–Trinajstić information content (AvgIpc) is 2.75. The molecule has 1 rings (SSSR count). The first-order chi connectivity index (χ1) is 8.81. The lowest BCUT2D eigenvalue weighted by atomic mass is 10.0. The molecule has 0 saturated carbocycles. The Morgan fingerprint density at radius 2 is 2.00 bits per heavy atom. The highest BCUT2D eigenvalue weighted by Gasteiger charge is 2.30. The van der Waals surface area contributed by atoms with Crippen LogP contribution in [0, 0.1) is 11.8 Å². The average molecular weight is 270 g/mol. The van der Waals surface area contributed by atoms with Crippen LogP contribution in [-0.2, 0) is 9.59 Å². The number of carbonyl (C=O) groups excluding carboxylic acids is 1. The van der Waals surface area contributed by atoms with Crippen LogP contribution in [-0.4, -0.2) is 59.5 Å². The van der Waals surface area contributed by atoms with E-state index in [1.807, 2.05) is 11.9 Å². The summed E-state index contributed by atoms with van der Waals surface area (Å²) in [5, 5.41) is 8.94. The minimum absolute atomic E-state index is 0.0826. The Kier molecular flexibility index (Phi) is 5.79. The molecule has 2 unspecified atom stereocenters. The lowest BCUT2D eigenvalue weighted by Gasteiger charge is -2.28. The molecule has 1 heterocycles. The fraction of sp³-hybridized carbons (Fsp3) is 0.857. The molecule has 0 aromatic rings. The van der Waals surface area contributed by atoms with Gasteiger partial charge in [-0.1, -0.05) is 13.8 Å². The van der Waals surface area contributed by atoms with Crippen LogP contribution < -0.4 is 0 Å². The third-order valence-corrected chi connectivity index (χ3v) is 3.85. The van der Waals surface area contributed by atoms with Gasteiger partial charge in [0.1, 0.15) is 0 Å². The Hall–Kier alpha value is -1.10. The second kappa shape index (κ2) is 6.89. The molecule has 1 amide bonds. The summed E-state index contributed by atoms with van der Waals surface area (Å²) in [4.78, 5) is 26.7. The van der Waals surface area contributed by atoms with Crippen molar-refractivity contribution < 1.29 is 14.7 Å². The SMILES string of the molecule is CC(C)CC(C)N(C)C(=O)CN1CCC(C(=O)O)C1. The minimum Gasteiger partial charge on any atom is -0.481 e. The molecule has 1 fully saturated rings. The molecule has 0 aromatic heterocycles. The number of hydrogen-bond acceptors (Lipinski definition) is 3. The molecule has 1 N–H and O–H groups in total. The first-order valence-electron chi connectivity index (χ1n) is 7.02. The van der Waals surface area contributed by atoms with Crippen molar-refractivity contribution in [3.05, 3.63) is 0 Å². The summed E-state index contributed by atoms with van der Waals surface area (Å²) in [5.41, 5.74) is 0. The number of hydrogen-bond donors (Lipinski definition) is 1. The van der Waals surface area contributed by atoms with Crippen molar-refractivity contribution in [1.82, 2.24) is 9.80 Å². The van der Waals surface area contributed by atoms with Crippen LogP contribution in [0.4, 0.5) is 0 Å². The maximum atomic E-state index is 12.1. The number of carboxylic acids is 1. The van der Waals surface area contributed by atoms with Crippen molar-refractivity contribution in [3.63, 3.8) is 0 Å². The Morgan fingerprint density at radius 3 is 2.47 bits per heavy atom. The van der Waals surface area contributed by atoms with Gasteiger partial charge < -0.3 is 10.0 Å². The van der Waals surface area contributed by atoms with Crippen LogP contribution >= 0.6 is 0 Å². The summed E-state index contributed by atoms with van der Waals surface area (Å²) < 4.78 is 0. The molecule has 5 heteroatoms. The van der Waals surface area contributed by atoms with E-state index in [-0.39, 0.29) is 17.9 Å². The van der Waals surface area contributed by atoms with Crippen molar-refractivity contribution in [2.24, 2.45) is 11.8 Å². The molecule has 2 atom stereocenters. The standard InChI is InChI=1S/C14H26N2O3/c1-10(2)7-11(3)15(4)13(17)9-16-6-5-12(8-16)14(18)19/h10-12H,5-9H2,1-4H3,(H,18,19). The molecule has 19 heavy (non-hydrogen) atoms. The van der Waals surface area contributed by atoms with Gasteiger partial charge in [-0.3, -0.25) is 14.5 Å². The highest BCUT2D eigenvalue weighted by atomic mass is 16.4. The largest absolute Gasteiger partial charge is 0.481 e. The Balaban J connectivity index is 2.41. The molecular formula is C14H26N2O3. The molecule has 110 valence electrons. The van der Waals surface area contributed by atoms with E-state index in [4.69, 9.17) is 5.11 Å². The lowest BCUT2D eigenvalue weighted by Crippen LogP contribution is -2.42. The molecular weight excluding hydrogens is 244 g/mol. The van der Waals surface area contributed by atoms with E-state index in [1.165, 1.54) is 0 Å². The van der Waals surface area contributed by atoms with Crippen molar-refractivity contribution in [2.75, 3.05) is 26.7 Å². The van der Waals surface area contributed by atoms with Gasteiger partial charge in [0.2, 0.25) is 5.91 Å². The van der Waals surface area contributed by atoms with Crippen molar-refractivity contribution in [3.8, 4) is 0 Å². The van der Waals surface area contributed by atoms with Gasteiger partial charge in [0, 0.05) is 19.6 Å². The van der Waals surface area contributed by atoms with Crippen LogP contribution in [0.5, 0.6) is 0 Å². The van der Waals surface area contributed by atoms with Crippen LogP contribution in [0.3, 0.4) is 0 Å².